The summed E-state index contributed by atoms with van der Waals surface area (Å²) in [4.78, 5) is 69.1. The summed E-state index contributed by atoms with van der Waals surface area (Å²) in [6, 6.07) is 16.6. The van der Waals surface area contributed by atoms with Crippen LogP contribution < -0.4 is 15.1 Å². The number of carbonyl (C=O) groups is 3. The van der Waals surface area contributed by atoms with Gasteiger partial charge >= 0.3 is 0 Å². The monoisotopic (exact) mass is 824 g/mol. The average molecular weight is 825 g/mol. The number of carbonyl (C=O) groups excluding carboxylic acids is 3. The van der Waals surface area contributed by atoms with Gasteiger partial charge in [0, 0.05) is 97.5 Å². The second-order valence-electron chi connectivity index (χ2n) is 19.7. The van der Waals surface area contributed by atoms with Gasteiger partial charge in [-0.05, 0) is 52.0 Å². The number of aromatic amines is 2. The predicted molar refractivity (Wildman–Crippen MR) is 244 cm³/mol. The maximum atomic E-state index is 12.9. The van der Waals surface area contributed by atoms with Crippen molar-refractivity contribution in [1.29, 1.82) is 0 Å². The molecule has 6 aromatic rings. The number of piperazine rings is 2. The van der Waals surface area contributed by atoms with E-state index in [0.29, 0.717) is 40.0 Å². The van der Waals surface area contributed by atoms with Crippen LogP contribution in [0.5, 0.6) is 0 Å². The molecule has 61 heavy (non-hydrogen) atoms. The topological polar surface area (TPSA) is 156 Å². The molecule has 0 spiro atoms. The molecule has 0 aliphatic carbocycles. The largest absolute Gasteiger partial charge is 0.368 e. The van der Waals surface area contributed by atoms with Gasteiger partial charge in [0.25, 0.3) is 0 Å². The zero-order valence-corrected chi connectivity index (χ0v) is 37.5. The Hall–Kier alpha value is -5.95. The fourth-order valence-corrected chi connectivity index (χ4v) is 8.26. The van der Waals surface area contributed by atoms with Gasteiger partial charge in [-0.1, -0.05) is 65.8 Å². The van der Waals surface area contributed by atoms with E-state index in [9.17, 15) is 14.4 Å². The fourth-order valence-electron chi connectivity index (χ4n) is 8.26. The molecule has 2 fully saturated rings. The minimum Gasteiger partial charge on any atom is -0.368 e. The summed E-state index contributed by atoms with van der Waals surface area (Å²) >= 11 is 0. The first-order chi connectivity index (χ1) is 28.6. The highest BCUT2D eigenvalue weighted by Crippen LogP contribution is 2.32. The molecule has 0 atom stereocenters. The van der Waals surface area contributed by atoms with Crippen LogP contribution in [-0.2, 0) is 4.79 Å². The Labute approximate surface area is 358 Å². The number of ketones is 2. The van der Waals surface area contributed by atoms with Crippen LogP contribution in [0, 0.1) is 10.8 Å². The first-order valence-electron chi connectivity index (χ1n) is 21.1. The third kappa shape index (κ3) is 9.22. The molecule has 2 saturated heterocycles. The van der Waals surface area contributed by atoms with E-state index in [0.717, 1.165) is 60.9 Å². The zero-order valence-electron chi connectivity index (χ0n) is 37.5. The minimum absolute atomic E-state index is 0.0366. The fraction of sp³-hybridized carbons (Fsp3) is 0.438. The van der Waals surface area contributed by atoms with Crippen molar-refractivity contribution >= 4 is 51.2 Å². The number of anilines is 2. The van der Waals surface area contributed by atoms with Gasteiger partial charge in [-0.25, -0.2) is 19.9 Å². The number of hydrogen-bond donors (Lipinski definition) is 3. The second-order valence-corrected chi connectivity index (χ2v) is 19.7. The highest BCUT2D eigenvalue weighted by atomic mass is 16.2. The standard InChI is InChI=1S/C25H31N5O2.C23H29N5O/c1-16(31)30-11-10-29(15-25(30,5)6)18-9-7-8-17(12-18)20-14-27-23-21(28-20)19(13-26-23)22(32)24(2,3)4;1-22(2,3)20(29)17-12-24-21-19(17)27-18(13-25-21)15-7-6-8-16(11-15)28-10-9-26-23(4,5)14-28/h7-9,12-14H,10-11,15H2,1-6H3,(H,26,27);6-8,11-13,26H,9-10,14H2,1-5H3,(H,24,25). The number of Topliss-reactive ketones (excluding diaryl/α,β-unsaturated/α-hetero) is 2. The third-order valence-electron chi connectivity index (χ3n) is 11.5. The summed E-state index contributed by atoms with van der Waals surface area (Å²) in [7, 11) is 0. The summed E-state index contributed by atoms with van der Waals surface area (Å²) < 4.78 is 0. The lowest BCUT2D eigenvalue weighted by Gasteiger charge is -2.47. The SMILES string of the molecule is CC(=O)N1CCN(c2cccc(-c3cnc4[nH]cc(C(=O)C(C)(C)C)c4n3)c2)CC1(C)C.CC1(C)CN(c2cccc(-c3cnc4[nH]cc(C(=O)C(C)(C)C)c4n3)c2)CCN1. The van der Waals surface area contributed by atoms with Crippen LogP contribution >= 0.6 is 0 Å². The Morgan fingerprint density at radius 1 is 0.656 bits per heavy atom. The molecule has 320 valence electrons. The van der Waals surface area contributed by atoms with Gasteiger partial charge in [-0.15, -0.1) is 0 Å². The van der Waals surface area contributed by atoms with Gasteiger partial charge < -0.3 is 30.0 Å². The van der Waals surface area contributed by atoms with E-state index >= 15 is 0 Å². The number of nitrogens with zero attached hydrogens (tertiary/aromatic N) is 7. The second kappa shape index (κ2) is 16.2. The van der Waals surface area contributed by atoms with Crippen LogP contribution in [0.3, 0.4) is 0 Å². The molecule has 0 saturated carbocycles. The number of benzene rings is 2. The van der Waals surface area contributed by atoms with E-state index < -0.39 is 10.8 Å². The summed E-state index contributed by atoms with van der Waals surface area (Å²) in [5.41, 5.74) is 8.24. The first-order valence-corrected chi connectivity index (χ1v) is 21.1. The summed E-state index contributed by atoms with van der Waals surface area (Å²) in [6.45, 7) is 26.9. The Kier molecular flexibility index (Phi) is 11.4. The summed E-state index contributed by atoms with van der Waals surface area (Å²) in [5.74, 6) is 0.209. The predicted octanol–water partition coefficient (Wildman–Crippen LogP) is 8.34. The number of H-pyrrole nitrogens is 2. The van der Waals surface area contributed by atoms with Crippen LogP contribution in [0.2, 0.25) is 0 Å². The third-order valence-corrected chi connectivity index (χ3v) is 11.5. The Morgan fingerprint density at radius 3 is 1.56 bits per heavy atom. The summed E-state index contributed by atoms with van der Waals surface area (Å²) in [5, 5.41) is 3.55. The van der Waals surface area contributed by atoms with Gasteiger partial charge in [-0.2, -0.15) is 0 Å². The molecule has 3 N–H and O–H groups in total. The van der Waals surface area contributed by atoms with Crippen LogP contribution in [0.25, 0.3) is 44.8 Å². The first kappa shape index (κ1) is 43.1. The molecule has 2 aliphatic rings. The normalized spacial score (nSPS) is 16.7. The van der Waals surface area contributed by atoms with E-state index in [4.69, 9.17) is 9.97 Å². The van der Waals surface area contributed by atoms with Crippen molar-refractivity contribution in [3.8, 4) is 22.5 Å². The lowest BCUT2D eigenvalue weighted by atomic mass is 9.87. The molecule has 0 unspecified atom stereocenters. The van der Waals surface area contributed by atoms with E-state index in [1.54, 1.807) is 31.7 Å². The number of aromatic nitrogens is 6. The number of amides is 1. The smallest absolute Gasteiger partial charge is 0.220 e. The molecule has 6 heterocycles. The molecule has 2 aliphatic heterocycles. The van der Waals surface area contributed by atoms with Gasteiger partial charge in [0.15, 0.2) is 22.9 Å². The van der Waals surface area contributed by atoms with Crippen LogP contribution in [0.1, 0.15) is 96.9 Å². The maximum absolute atomic E-state index is 12.9. The van der Waals surface area contributed by atoms with Crippen LogP contribution in [0.15, 0.2) is 73.3 Å². The Balaban J connectivity index is 0.000000185. The van der Waals surface area contributed by atoms with Crippen molar-refractivity contribution < 1.29 is 14.4 Å². The van der Waals surface area contributed by atoms with Gasteiger partial charge in [0.2, 0.25) is 5.91 Å². The number of nitrogens with one attached hydrogen (secondary N) is 3. The molecule has 13 heteroatoms. The summed E-state index contributed by atoms with van der Waals surface area (Å²) in [6.07, 6.45) is 6.93. The Bertz CT molecular complexity index is 2610. The van der Waals surface area contributed by atoms with Crippen molar-refractivity contribution in [3.05, 3.63) is 84.4 Å². The quantitative estimate of drug-likeness (QED) is 0.140. The number of rotatable bonds is 6. The lowest BCUT2D eigenvalue weighted by molar-refractivity contribution is -0.134. The van der Waals surface area contributed by atoms with E-state index in [1.165, 1.54) is 5.69 Å². The van der Waals surface area contributed by atoms with Crippen molar-refractivity contribution in [3.63, 3.8) is 0 Å². The zero-order chi connectivity index (χ0) is 44.1. The van der Waals surface area contributed by atoms with E-state index in [-0.39, 0.29) is 28.6 Å². The van der Waals surface area contributed by atoms with Crippen molar-refractivity contribution in [1.82, 2.24) is 40.1 Å². The molecular formula is C48H60N10O3. The van der Waals surface area contributed by atoms with Crippen LogP contribution in [-0.4, -0.2) is 103 Å². The van der Waals surface area contributed by atoms with E-state index in [1.807, 2.05) is 64.6 Å². The Morgan fingerprint density at radius 2 is 1.13 bits per heavy atom. The molecule has 2 aromatic carbocycles. The molecule has 8 rings (SSSR count). The molecule has 13 nitrogen and oxygen atoms in total. The maximum Gasteiger partial charge on any atom is 0.220 e. The molecule has 4 aromatic heterocycles. The molecular weight excluding hydrogens is 765 g/mol. The highest BCUT2D eigenvalue weighted by molar-refractivity contribution is 6.09. The van der Waals surface area contributed by atoms with Crippen LogP contribution in [0.4, 0.5) is 11.4 Å². The highest BCUT2D eigenvalue weighted by Gasteiger charge is 2.35. The molecule has 0 bridgehead atoms. The van der Waals surface area contributed by atoms with Crippen molar-refractivity contribution in [2.24, 2.45) is 10.8 Å². The van der Waals surface area contributed by atoms with Gasteiger partial charge in [0.1, 0.15) is 11.0 Å². The molecule has 1 amide bonds. The van der Waals surface area contributed by atoms with Crippen molar-refractivity contribution in [2.75, 3.05) is 49.1 Å². The number of fused-ring (bicyclic) bond motifs is 2. The lowest BCUT2D eigenvalue weighted by Crippen LogP contribution is -2.60. The number of hydrogen-bond acceptors (Lipinski definition) is 10. The average Bonchev–Trinajstić information content (AvgIpc) is 3.83. The minimum atomic E-state index is -0.498. The van der Waals surface area contributed by atoms with Crippen molar-refractivity contribution in [2.45, 2.75) is 87.2 Å². The van der Waals surface area contributed by atoms with E-state index in [2.05, 4.69) is 93.1 Å². The van der Waals surface area contributed by atoms with Gasteiger partial charge in [0.05, 0.1) is 40.4 Å². The molecule has 0 radical (unpaired) electrons. The van der Waals surface area contributed by atoms with Gasteiger partial charge in [-0.3, -0.25) is 14.4 Å².